The van der Waals surface area contributed by atoms with Gasteiger partial charge in [-0.1, -0.05) is 44.6 Å². The molecule has 2 aliphatic rings. The molecular formula is C21H32N2O3S. The first-order valence-electron chi connectivity index (χ1n) is 10.4. The van der Waals surface area contributed by atoms with Crippen LogP contribution in [-0.4, -0.2) is 37.8 Å². The largest absolute Gasteiger partial charge is 0.349 e. The third-order valence-corrected chi connectivity index (χ3v) is 7.74. The van der Waals surface area contributed by atoms with E-state index in [1.54, 1.807) is 22.5 Å². The van der Waals surface area contributed by atoms with Crippen LogP contribution in [0.25, 0.3) is 0 Å². The van der Waals surface area contributed by atoms with Crippen LogP contribution in [0.2, 0.25) is 0 Å². The Balaban J connectivity index is 1.79. The second-order valence-corrected chi connectivity index (χ2v) is 9.89. The van der Waals surface area contributed by atoms with Gasteiger partial charge in [-0.15, -0.1) is 0 Å². The Morgan fingerprint density at radius 1 is 0.963 bits per heavy atom. The van der Waals surface area contributed by atoms with E-state index in [-0.39, 0.29) is 16.8 Å². The maximum Gasteiger partial charge on any atom is 0.251 e. The molecule has 0 unspecified atom stereocenters. The SMILES string of the molecule is Cc1ccc(S(=O)(=O)N2CCCCCC2)cc1C(=O)NC1CCCCCC1. The number of amides is 1. The summed E-state index contributed by atoms with van der Waals surface area (Å²) in [4.78, 5) is 13.1. The Labute approximate surface area is 163 Å². The van der Waals surface area contributed by atoms with Crippen molar-refractivity contribution in [1.82, 2.24) is 9.62 Å². The number of nitrogens with zero attached hydrogens (tertiary/aromatic N) is 1. The minimum Gasteiger partial charge on any atom is -0.349 e. The lowest BCUT2D eigenvalue weighted by Gasteiger charge is -2.21. The first-order chi connectivity index (χ1) is 13.0. The standard InChI is InChI=1S/C21H32N2O3S/c1-17-12-13-19(27(25,26)23-14-8-4-5-9-15-23)16-20(17)21(24)22-18-10-6-2-3-7-11-18/h12-13,16,18H,2-11,14-15H2,1H3,(H,22,24). The van der Waals surface area contributed by atoms with Gasteiger partial charge in [0.1, 0.15) is 0 Å². The van der Waals surface area contributed by atoms with Crippen molar-refractivity contribution in [3.05, 3.63) is 29.3 Å². The molecule has 0 aromatic heterocycles. The van der Waals surface area contributed by atoms with Crippen LogP contribution in [0.5, 0.6) is 0 Å². The van der Waals surface area contributed by atoms with Gasteiger partial charge < -0.3 is 5.32 Å². The molecule has 0 atom stereocenters. The van der Waals surface area contributed by atoms with Gasteiger partial charge in [0.2, 0.25) is 10.0 Å². The molecule has 0 bridgehead atoms. The Morgan fingerprint density at radius 3 is 2.19 bits per heavy atom. The Hall–Kier alpha value is -1.40. The Bertz CT molecular complexity index is 745. The molecule has 1 aromatic rings. The highest BCUT2D eigenvalue weighted by molar-refractivity contribution is 7.89. The first kappa shape index (κ1) is 20.3. The van der Waals surface area contributed by atoms with E-state index in [1.807, 2.05) is 6.92 Å². The van der Waals surface area contributed by atoms with E-state index in [0.29, 0.717) is 18.7 Å². The lowest BCUT2D eigenvalue weighted by molar-refractivity contribution is 0.0932. The average molecular weight is 393 g/mol. The van der Waals surface area contributed by atoms with Crippen molar-refractivity contribution in [1.29, 1.82) is 0 Å². The van der Waals surface area contributed by atoms with Gasteiger partial charge in [0, 0.05) is 24.7 Å². The molecule has 150 valence electrons. The number of aryl methyl sites for hydroxylation is 1. The predicted octanol–water partition coefficient (Wildman–Crippen LogP) is 4.01. The summed E-state index contributed by atoms with van der Waals surface area (Å²) in [7, 11) is -3.54. The summed E-state index contributed by atoms with van der Waals surface area (Å²) in [5.41, 5.74) is 1.30. The summed E-state index contributed by atoms with van der Waals surface area (Å²) >= 11 is 0. The molecule has 1 saturated carbocycles. The number of carbonyl (C=O) groups excluding carboxylic acids is 1. The molecule has 1 aliphatic carbocycles. The van der Waals surface area contributed by atoms with E-state index in [2.05, 4.69) is 5.32 Å². The number of sulfonamides is 1. The summed E-state index contributed by atoms with van der Waals surface area (Å²) in [5, 5.41) is 3.14. The van der Waals surface area contributed by atoms with Gasteiger partial charge in [-0.05, 0) is 50.3 Å². The molecule has 0 radical (unpaired) electrons. The van der Waals surface area contributed by atoms with Crippen LogP contribution in [0.15, 0.2) is 23.1 Å². The van der Waals surface area contributed by atoms with Gasteiger partial charge in [0.15, 0.2) is 0 Å². The third kappa shape index (κ3) is 5.11. The van der Waals surface area contributed by atoms with Crippen molar-refractivity contribution in [2.45, 2.75) is 82.1 Å². The number of hydrogen-bond donors (Lipinski definition) is 1. The van der Waals surface area contributed by atoms with Crippen molar-refractivity contribution in [2.24, 2.45) is 0 Å². The van der Waals surface area contributed by atoms with E-state index in [4.69, 9.17) is 0 Å². The van der Waals surface area contributed by atoms with E-state index >= 15 is 0 Å². The van der Waals surface area contributed by atoms with Gasteiger partial charge in [0.05, 0.1) is 4.90 Å². The quantitative estimate of drug-likeness (QED) is 0.787. The maximum atomic E-state index is 13.1. The van der Waals surface area contributed by atoms with Crippen LogP contribution in [0.1, 0.15) is 80.1 Å². The molecule has 1 aliphatic heterocycles. The zero-order valence-corrected chi connectivity index (χ0v) is 17.2. The van der Waals surface area contributed by atoms with Crippen LogP contribution < -0.4 is 5.32 Å². The lowest BCUT2D eigenvalue weighted by Crippen LogP contribution is -2.35. The third-order valence-electron chi connectivity index (χ3n) is 5.85. The smallest absolute Gasteiger partial charge is 0.251 e. The highest BCUT2D eigenvalue weighted by Crippen LogP contribution is 2.23. The second kappa shape index (κ2) is 9.20. The fraction of sp³-hybridized carbons (Fsp3) is 0.667. The lowest BCUT2D eigenvalue weighted by atomic mass is 10.1. The van der Waals surface area contributed by atoms with E-state index in [1.165, 1.54) is 12.8 Å². The van der Waals surface area contributed by atoms with Crippen molar-refractivity contribution in [3.8, 4) is 0 Å². The van der Waals surface area contributed by atoms with Crippen LogP contribution in [0.3, 0.4) is 0 Å². The van der Waals surface area contributed by atoms with Crippen molar-refractivity contribution in [2.75, 3.05) is 13.1 Å². The van der Waals surface area contributed by atoms with Gasteiger partial charge in [-0.3, -0.25) is 4.79 Å². The molecule has 5 nitrogen and oxygen atoms in total. The van der Waals surface area contributed by atoms with Gasteiger partial charge in [0.25, 0.3) is 5.91 Å². The summed E-state index contributed by atoms with van der Waals surface area (Å²) < 4.78 is 27.7. The van der Waals surface area contributed by atoms with Gasteiger partial charge in [-0.2, -0.15) is 4.31 Å². The monoisotopic (exact) mass is 392 g/mol. The van der Waals surface area contributed by atoms with Crippen molar-refractivity contribution >= 4 is 15.9 Å². The molecule has 6 heteroatoms. The van der Waals surface area contributed by atoms with Crippen LogP contribution >= 0.6 is 0 Å². The van der Waals surface area contributed by atoms with Crippen LogP contribution in [0.4, 0.5) is 0 Å². The molecule has 1 saturated heterocycles. The van der Waals surface area contributed by atoms with Crippen molar-refractivity contribution in [3.63, 3.8) is 0 Å². The highest BCUT2D eigenvalue weighted by atomic mass is 32.2. The molecular weight excluding hydrogens is 360 g/mol. The number of hydrogen-bond acceptors (Lipinski definition) is 3. The summed E-state index contributed by atoms with van der Waals surface area (Å²) in [6, 6.07) is 5.16. The fourth-order valence-corrected chi connectivity index (χ4v) is 5.67. The average Bonchev–Trinajstić information content (AvgIpc) is 3.07. The minimum absolute atomic E-state index is 0.146. The highest BCUT2D eigenvalue weighted by Gasteiger charge is 2.26. The molecule has 1 heterocycles. The van der Waals surface area contributed by atoms with E-state index < -0.39 is 10.0 Å². The molecule has 3 rings (SSSR count). The second-order valence-electron chi connectivity index (χ2n) is 7.96. The summed E-state index contributed by atoms with van der Waals surface area (Å²) in [6.07, 6.45) is 10.7. The van der Waals surface area contributed by atoms with E-state index in [9.17, 15) is 13.2 Å². The fourth-order valence-electron chi connectivity index (χ4n) is 4.12. The van der Waals surface area contributed by atoms with Gasteiger partial charge in [-0.25, -0.2) is 8.42 Å². The predicted molar refractivity (Wildman–Crippen MR) is 107 cm³/mol. The van der Waals surface area contributed by atoms with Gasteiger partial charge >= 0.3 is 0 Å². The zero-order chi connectivity index (χ0) is 19.3. The topological polar surface area (TPSA) is 66.5 Å². The molecule has 1 N–H and O–H groups in total. The molecule has 0 spiro atoms. The number of rotatable bonds is 4. The molecule has 27 heavy (non-hydrogen) atoms. The van der Waals surface area contributed by atoms with Crippen LogP contribution in [0, 0.1) is 6.92 Å². The van der Waals surface area contributed by atoms with E-state index in [0.717, 1.165) is 56.9 Å². The minimum atomic E-state index is -3.54. The molecule has 1 aromatic carbocycles. The Kier molecular flexibility index (Phi) is 6.93. The summed E-state index contributed by atoms with van der Waals surface area (Å²) in [5.74, 6) is -0.146. The molecule has 2 fully saturated rings. The van der Waals surface area contributed by atoms with Crippen molar-refractivity contribution < 1.29 is 13.2 Å². The number of carbonyl (C=O) groups is 1. The Morgan fingerprint density at radius 2 is 1.56 bits per heavy atom. The van der Waals surface area contributed by atoms with Crippen LogP contribution in [-0.2, 0) is 10.0 Å². The normalized spacial score (nSPS) is 20.6. The first-order valence-corrected chi connectivity index (χ1v) is 11.8. The molecule has 1 amide bonds. The number of nitrogens with one attached hydrogen (secondary N) is 1. The summed E-state index contributed by atoms with van der Waals surface area (Å²) in [6.45, 7) is 3.00. The maximum absolute atomic E-state index is 13.1. The number of benzene rings is 1. The zero-order valence-electron chi connectivity index (χ0n) is 16.4.